The predicted molar refractivity (Wildman–Crippen MR) is 105 cm³/mol. The van der Waals surface area contributed by atoms with Gasteiger partial charge in [0, 0.05) is 7.05 Å². The normalized spacial score (nSPS) is 23.8. The van der Waals surface area contributed by atoms with Gasteiger partial charge in [0.05, 0.1) is 11.4 Å². The van der Waals surface area contributed by atoms with Crippen molar-refractivity contribution in [2.24, 2.45) is 7.05 Å². The number of morpholine rings is 1. The minimum atomic E-state index is -0.261. The first-order valence-corrected chi connectivity index (χ1v) is 9.44. The van der Waals surface area contributed by atoms with Gasteiger partial charge in [-0.25, -0.2) is 4.68 Å². The number of aromatic nitrogens is 2. The summed E-state index contributed by atoms with van der Waals surface area (Å²) < 4.78 is 9.10. The van der Waals surface area contributed by atoms with Gasteiger partial charge in [-0.1, -0.05) is 18.2 Å². The zero-order valence-corrected chi connectivity index (χ0v) is 16.7. The van der Waals surface area contributed by atoms with E-state index in [2.05, 4.69) is 5.32 Å². The monoisotopic (exact) mass is 373 g/mol. The molecular weight excluding hydrogens is 344 g/mol. The minimum absolute atomic E-state index is 0.118. The number of hydrogen-bond acceptors (Lipinski definition) is 3. The molecule has 1 aromatic carbocycles. The van der Waals surface area contributed by atoms with Crippen molar-refractivity contribution in [3.63, 3.8) is 0 Å². The third kappa shape index (κ3) is 3.84. The van der Waals surface area contributed by atoms with Gasteiger partial charge < -0.3 is 15.0 Å². The van der Waals surface area contributed by atoms with Gasteiger partial charge >= 0.3 is 0 Å². The number of nitrogens with zero attached hydrogens (tertiary/aromatic N) is 2. The van der Waals surface area contributed by atoms with E-state index in [0.29, 0.717) is 5.69 Å². The summed E-state index contributed by atoms with van der Waals surface area (Å²) in [5.74, 6) is -0.141. The lowest BCUT2D eigenvalue weighted by Crippen LogP contribution is -3.19. The minimum Gasteiger partial charge on any atom is -0.364 e. The lowest BCUT2D eigenvalue weighted by molar-refractivity contribution is -0.928. The number of hydrogen-bond donors (Lipinski definition) is 2. The topological polar surface area (TPSA) is 69.7 Å². The largest absolute Gasteiger partial charge is 0.364 e. The lowest BCUT2D eigenvalue weighted by atomic mass is 10.1. The fourth-order valence-electron chi connectivity index (χ4n) is 3.80. The van der Waals surface area contributed by atoms with Gasteiger partial charge in [0.15, 0.2) is 6.04 Å². The van der Waals surface area contributed by atoms with E-state index in [1.165, 1.54) is 4.90 Å². The first-order chi connectivity index (χ1) is 12.8. The molecule has 4 atom stereocenters. The summed E-state index contributed by atoms with van der Waals surface area (Å²) in [5, 5.41) is 2.88. The van der Waals surface area contributed by atoms with Crippen LogP contribution >= 0.6 is 0 Å². The summed E-state index contributed by atoms with van der Waals surface area (Å²) in [4.78, 5) is 27.0. The molecule has 1 unspecified atom stereocenters. The van der Waals surface area contributed by atoms with Crippen molar-refractivity contribution in [1.29, 1.82) is 0 Å². The Bertz CT molecular complexity index is 861. The fraction of sp³-hybridized carbons (Fsp3) is 0.500. The molecule has 1 aliphatic rings. The molecule has 1 amide bonds. The molecule has 3 rings (SSSR count). The summed E-state index contributed by atoms with van der Waals surface area (Å²) >= 11 is 0. The van der Waals surface area contributed by atoms with Crippen LogP contribution < -0.4 is 15.8 Å². The molecule has 1 saturated heterocycles. The first kappa shape index (κ1) is 19.4. The van der Waals surface area contributed by atoms with Crippen LogP contribution in [0.25, 0.3) is 5.69 Å². The number of benzene rings is 1. The third-order valence-corrected chi connectivity index (χ3v) is 5.37. The second-order valence-electron chi connectivity index (χ2n) is 7.47. The van der Waals surface area contributed by atoms with E-state index >= 15 is 0 Å². The lowest BCUT2D eigenvalue weighted by Gasteiger charge is -2.35. The maximum absolute atomic E-state index is 13.0. The molecule has 1 aliphatic heterocycles. The molecular formula is C20H29N4O3+. The van der Waals surface area contributed by atoms with Crippen LogP contribution in [-0.2, 0) is 16.6 Å². The highest BCUT2D eigenvalue weighted by Gasteiger charge is 2.33. The quantitative estimate of drug-likeness (QED) is 0.820. The van der Waals surface area contributed by atoms with Crippen LogP contribution in [0.3, 0.4) is 0 Å². The van der Waals surface area contributed by atoms with Crippen molar-refractivity contribution >= 4 is 11.6 Å². The third-order valence-electron chi connectivity index (χ3n) is 5.37. The number of nitrogens with one attached hydrogen (secondary N) is 2. The molecule has 0 bridgehead atoms. The molecule has 0 spiro atoms. The Hall–Kier alpha value is -2.38. The zero-order chi connectivity index (χ0) is 19.7. The van der Waals surface area contributed by atoms with Gasteiger partial charge in [-0.05, 0) is 39.8 Å². The molecule has 2 N–H and O–H groups in total. The van der Waals surface area contributed by atoms with Gasteiger partial charge in [-0.2, -0.15) is 0 Å². The summed E-state index contributed by atoms with van der Waals surface area (Å²) in [6.07, 6.45) is 0.237. The van der Waals surface area contributed by atoms with E-state index in [9.17, 15) is 9.59 Å². The Balaban J connectivity index is 1.83. The van der Waals surface area contributed by atoms with Crippen LogP contribution in [0.4, 0.5) is 5.69 Å². The maximum atomic E-state index is 13.0. The summed E-state index contributed by atoms with van der Waals surface area (Å²) in [6.45, 7) is 9.36. The van der Waals surface area contributed by atoms with E-state index in [-0.39, 0.29) is 29.7 Å². The van der Waals surface area contributed by atoms with Crippen molar-refractivity contribution in [1.82, 2.24) is 9.36 Å². The van der Waals surface area contributed by atoms with E-state index in [4.69, 9.17) is 4.74 Å². The predicted octanol–water partition coefficient (Wildman–Crippen LogP) is 0.504. The molecule has 0 aliphatic carbocycles. The Morgan fingerprint density at radius 1 is 1.22 bits per heavy atom. The van der Waals surface area contributed by atoms with Crippen LogP contribution in [0.1, 0.15) is 26.5 Å². The first-order valence-electron chi connectivity index (χ1n) is 9.44. The van der Waals surface area contributed by atoms with Crippen LogP contribution in [-0.4, -0.2) is 46.6 Å². The molecule has 7 nitrogen and oxygen atoms in total. The number of amides is 1. The van der Waals surface area contributed by atoms with E-state index in [0.717, 1.165) is 24.5 Å². The zero-order valence-electron chi connectivity index (χ0n) is 16.7. The number of para-hydroxylation sites is 1. The fourth-order valence-corrected chi connectivity index (χ4v) is 3.80. The molecule has 0 saturated carbocycles. The SMILES string of the molecule is Cc1c(NC(=O)[C@H](C)[NH+]2C[C@@H](C)O[C@@H](C)C2)c(=O)n(-c2ccccc2)n1C. The highest BCUT2D eigenvalue weighted by atomic mass is 16.5. The van der Waals surface area contributed by atoms with Gasteiger partial charge in [0.1, 0.15) is 31.0 Å². The maximum Gasteiger partial charge on any atom is 0.295 e. The van der Waals surface area contributed by atoms with E-state index < -0.39 is 0 Å². The number of carbonyl (C=O) groups excluding carboxylic acids is 1. The molecule has 2 aromatic rings. The molecule has 146 valence electrons. The Morgan fingerprint density at radius 2 is 1.81 bits per heavy atom. The van der Waals surface area contributed by atoms with Crippen LogP contribution in [0.5, 0.6) is 0 Å². The smallest absolute Gasteiger partial charge is 0.295 e. The Labute approximate surface area is 159 Å². The number of quaternary nitrogens is 1. The molecule has 0 radical (unpaired) electrons. The standard InChI is InChI=1S/C20H28N4O3/c1-13-11-23(12-14(2)27-13)16(4)19(25)21-18-15(3)22(5)24(20(18)26)17-9-7-6-8-10-17/h6-10,13-14,16H,11-12H2,1-5H3,(H,21,25)/p+1/t13-,14+,16-/m0/s1. The average molecular weight is 373 g/mol. The van der Waals surface area contributed by atoms with E-state index in [1.807, 2.05) is 65.1 Å². The van der Waals surface area contributed by atoms with Crippen LogP contribution in [0, 0.1) is 6.92 Å². The van der Waals surface area contributed by atoms with Crippen LogP contribution in [0.2, 0.25) is 0 Å². The van der Waals surface area contributed by atoms with Gasteiger partial charge in [0.2, 0.25) is 0 Å². The van der Waals surface area contributed by atoms with Gasteiger partial charge in [0.25, 0.3) is 11.5 Å². The van der Waals surface area contributed by atoms with E-state index in [1.54, 1.807) is 9.36 Å². The summed E-state index contributed by atoms with van der Waals surface area (Å²) in [7, 11) is 1.82. The molecule has 1 aromatic heterocycles. The Morgan fingerprint density at radius 3 is 2.41 bits per heavy atom. The second-order valence-corrected chi connectivity index (χ2v) is 7.47. The summed E-state index contributed by atoms with van der Waals surface area (Å²) in [5.41, 5.74) is 1.61. The number of ether oxygens (including phenoxy) is 1. The second kappa shape index (κ2) is 7.70. The summed E-state index contributed by atoms with van der Waals surface area (Å²) in [6, 6.07) is 9.15. The highest BCUT2D eigenvalue weighted by molar-refractivity contribution is 5.94. The molecule has 1 fully saturated rings. The van der Waals surface area contributed by atoms with Crippen molar-refractivity contribution in [2.75, 3.05) is 18.4 Å². The molecule has 7 heteroatoms. The number of carbonyl (C=O) groups is 1. The molecule has 27 heavy (non-hydrogen) atoms. The average Bonchev–Trinajstić information content (AvgIpc) is 2.84. The van der Waals surface area contributed by atoms with Crippen molar-refractivity contribution in [2.45, 2.75) is 45.9 Å². The van der Waals surface area contributed by atoms with Gasteiger partial charge in [-0.15, -0.1) is 0 Å². The number of rotatable bonds is 4. The van der Waals surface area contributed by atoms with Crippen molar-refractivity contribution in [3.05, 3.63) is 46.4 Å². The van der Waals surface area contributed by atoms with Crippen molar-refractivity contribution in [3.8, 4) is 5.69 Å². The highest BCUT2D eigenvalue weighted by Crippen LogP contribution is 2.14. The molecule has 2 heterocycles. The van der Waals surface area contributed by atoms with Crippen LogP contribution in [0.15, 0.2) is 35.1 Å². The van der Waals surface area contributed by atoms with Gasteiger partial charge in [-0.3, -0.25) is 14.3 Å². The number of anilines is 1. The Kier molecular flexibility index (Phi) is 5.53. The van der Waals surface area contributed by atoms with Crippen molar-refractivity contribution < 1.29 is 14.4 Å².